The van der Waals surface area contributed by atoms with E-state index in [0.717, 1.165) is 23.2 Å². The van der Waals surface area contributed by atoms with E-state index < -0.39 is 0 Å². The van der Waals surface area contributed by atoms with Gasteiger partial charge in [0.2, 0.25) is 11.8 Å². The quantitative estimate of drug-likeness (QED) is 0.821. The summed E-state index contributed by atoms with van der Waals surface area (Å²) in [5.41, 5.74) is 5.51. The van der Waals surface area contributed by atoms with Gasteiger partial charge in [-0.15, -0.1) is 0 Å². The van der Waals surface area contributed by atoms with Gasteiger partial charge in [-0.2, -0.15) is 0 Å². The summed E-state index contributed by atoms with van der Waals surface area (Å²) in [6.07, 6.45) is 0.865. The Kier molecular flexibility index (Phi) is 5.64. The molecule has 0 fully saturated rings. The third-order valence-corrected chi connectivity index (χ3v) is 5.32. The minimum Gasteiger partial charge on any atom is -0.336 e. The zero-order valence-electron chi connectivity index (χ0n) is 16.7. The minimum absolute atomic E-state index is 0.00216. The number of hydrogen-bond acceptors (Lipinski definition) is 2. The van der Waals surface area contributed by atoms with Crippen molar-refractivity contribution in [3.8, 4) is 0 Å². The summed E-state index contributed by atoms with van der Waals surface area (Å²) < 4.78 is 0. The van der Waals surface area contributed by atoms with E-state index >= 15 is 0 Å². The van der Waals surface area contributed by atoms with Crippen molar-refractivity contribution >= 4 is 17.5 Å². The standard InChI is InChI=1S/C23H28N2O2/c1-16(2)21-11-7-8-17(3)23(21)25(18(4)26)15-22(27)24-13-12-19-9-5-6-10-20(19)14-24/h5-11,16H,12-15H2,1-4H3. The topological polar surface area (TPSA) is 40.6 Å². The molecule has 1 aliphatic rings. The fraction of sp³-hybridized carbons (Fsp3) is 0.391. The van der Waals surface area contributed by atoms with Gasteiger partial charge in [0.05, 0.1) is 5.69 Å². The Bertz CT molecular complexity index is 857. The average molecular weight is 364 g/mol. The van der Waals surface area contributed by atoms with Crippen LogP contribution in [0.5, 0.6) is 0 Å². The highest BCUT2D eigenvalue weighted by Gasteiger charge is 2.26. The van der Waals surface area contributed by atoms with E-state index in [-0.39, 0.29) is 24.3 Å². The Labute approximate surface area is 161 Å². The maximum Gasteiger partial charge on any atom is 0.242 e. The number of benzene rings is 2. The summed E-state index contributed by atoms with van der Waals surface area (Å²) in [6, 6.07) is 14.3. The number of amides is 2. The van der Waals surface area contributed by atoms with E-state index in [2.05, 4.69) is 26.0 Å². The summed E-state index contributed by atoms with van der Waals surface area (Å²) >= 11 is 0. The number of carbonyl (C=O) groups is 2. The molecule has 2 amide bonds. The van der Waals surface area contributed by atoms with Gasteiger partial charge in [-0.25, -0.2) is 0 Å². The summed E-state index contributed by atoms with van der Waals surface area (Å²) in [7, 11) is 0. The molecule has 0 atom stereocenters. The van der Waals surface area contributed by atoms with Crippen molar-refractivity contribution < 1.29 is 9.59 Å². The van der Waals surface area contributed by atoms with Crippen LogP contribution in [-0.2, 0) is 22.6 Å². The lowest BCUT2D eigenvalue weighted by molar-refractivity contribution is -0.132. The van der Waals surface area contributed by atoms with Crippen LogP contribution in [0.2, 0.25) is 0 Å². The Morgan fingerprint density at radius 2 is 1.78 bits per heavy atom. The molecule has 3 rings (SSSR count). The van der Waals surface area contributed by atoms with Crippen molar-refractivity contribution in [2.24, 2.45) is 0 Å². The van der Waals surface area contributed by atoms with E-state index in [1.165, 1.54) is 18.1 Å². The molecule has 0 N–H and O–H groups in total. The summed E-state index contributed by atoms with van der Waals surface area (Å²) in [5.74, 6) is 0.174. The second-order valence-electron chi connectivity index (χ2n) is 7.61. The summed E-state index contributed by atoms with van der Waals surface area (Å²) in [5, 5.41) is 0. The molecule has 0 radical (unpaired) electrons. The van der Waals surface area contributed by atoms with Gasteiger partial charge in [0, 0.05) is 20.0 Å². The van der Waals surface area contributed by atoms with Crippen LogP contribution in [0, 0.1) is 6.92 Å². The van der Waals surface area contributed by atoms with E-state index in [1.54, 1.807) is 4.90 Å². The van der Waals surface area contributed by atoms with E-state index in [1.807, 2.05) is 42.2 Å². The van der Waals surface area contributed by atoms with Crippen LogP contribution in [-0.4, -0.2) is 29.8 Å². The fourth-order valence-corrected chi connectivity index (χ4v) is 3.81. The van der Waals surface area contributed by atoms with Crippen molar-refractivity contribution in [1.82, 2.24) is 4.90 Å². The number of anilines is 1. The van der Waals surface area contributed by atoms with Gasteiger partial charge in [0.1, 0.15) is 6.54 Å². The van der Waals surface area contributed by atoms with E-state index in [0.29, 0.717) is 13.1 Å². The molecule has 0 spiro atoms. The first-order chi connectivity index (χ1) is 12.9. The number of carbonyl (C=O) groups excluding carboxylic acids is 2. The number of rotatable bonds is 4. The average Bonchev–Trinajstić information content (AvgIpc) is 2.65. The molecule has 1 heterocycles. The first-order valence-electron chi connectivity index (χ1n) is 9.60. The SMILES string of the molecule is CC(=O)N(CC(=O)N1CCc2ccccc2C1)c1c(C)cccc1C(C)C. The maximum atomic E-state index is 13.0. The normalized spacial score (nSPS) is 13.4. The number of hydrogen-bond donors (Lipinski definition) is 0. The molecule has 0 aromatic heterocycles. The van der Waals surface area contributed by atoms with Gasteiger partial charge in [-0.3, -0.25) is 9.59 Å². The van der Waals surface area contributed by atoms with Crippen molar-refractivity contribution in [3.63, 3.8) is 0 Å². The Balaban J connectivity index is 1.84. The molecule has 0 unspecified atom stereocenters. The number of aryl methyl sites for hydroxylation is 1. The number of para-hydroxylation sites is 1. The monoisotopic (exact) mass is 364 g/mol. The molecule has 0 aliphatic carbocycles. The molecule has 0 saturated heterocycles. The highest BCUT2D eigenvalue weighted by atomic mass is 16.2. The molecule has 0 saturated carbocycles. The molecule has 0 bridgehead atoms. The summed E-state index contributed by atoms with van der Waals surface area (Å²) in [6.45, 7) is 9.16. The first-order valence-corrected chi connectivity index (χ1v) is 9.60. The molecule has 2 aromatic carbocycles. The van der Waals surface area contributed by atoms with Crippen LogP contribution in [0.3, 0.4) is 0 Å². The van der Waals surface area contributed by atoms with Crippen molar-refractivity contribution in [3.05, 3.63) is 64.7 Å². The molecular formula is C23H28N2O2. The van der Waals surface area contributed by atoms with Crippen molar-refractivity contribution in [2.45, 2.75) is 46.6 Å². The second kappa shape index (κ2) is 7.95. The van der Waals surface area contributed by atoms with Crippen LogP contribution in [0.4, 0.5) is 5.69 Å². The van der Waals surface area contributed by atoms with Crippen molar-refractivity contribution in [1.29, 1.82) is 0 Å². The van der Waals surface area contributed by atoms with Crippen LogP contribution in [0.25, 0.3) is 0 Å². The maximum absolute atomic E-state index is 13.0. The molecule has 2 aromatic rings. The van der Waals surface area contributed by atoms with Gasteiger partial charge in [-0.05, 0) is 41.5 Å². The Hall–Kier alpha value is -2.62. The fourth-order valence-electron chi connectivity index (χ4n) is 3.81. The lowest BCUT2D eigenvalue weighted by atomic mass is 9.97. The van der Waals surface area contributed by atoms with E-state index in [4.69, 9.17) is 0 Å². The summed E-state index contributed by atoms with van der Waals surface area (Å²) in [4.78, 5) is 29.0. The second-order valence-corrected chi connectivity index (χ2v) is 7.61. The number of fused-ring (bicyclic) bond motifs is 1. The first kappa shape index (κ1) is 19.2. The zero-order valence-corrected chi connectivity index (χ0v) is 16.7. The predicted octanol–water partition coefficient (Wildman–Crippen LogP) is 4.06. The molecule has 142 valence electrons. The third kappa shape index (κ3) is 4.05. The van der Waals surface area contributed by atoms with Gasteiger partial charge >= 0.3 is 0 Å². The number of nitrogens with zero attached hydrogens (tertiary/aromatic N) is 2. The third-order valence-electron chi connectivity index (χ3n) is 5.32. The highest BCUT2D eigenvalue weighted by molar-refractivity contribution is 5.99. The van der Waals surface area contributed by atoms with Gasteiger partial charge in [0.15, 0.2) is 0 Å². The molecular weight excluding hydrogens is 336 g/mol. The molecule has 4 nitrogen and oxygen atoms in total. The van der Waals surface area contributed by atoms with Crippen LogP contribution in [0.1, 0.15) is 48.9 Å². The predicted molar refractivity (Wildman–Crippen MR) is 109 cm³/mol. The Morgan fingerprint density at radius 1 is 1.07 bits per heavy atom. The minimum atomic E-state index is -0.100. The lowest BCUT2D eigenvalue weighted by Crippen LogP contribution is -2.44. The largest absolute Gasteiger partial charge is 0.336 e. The molecule has 4 heteroatoms. The zero-order chi connectivity index (χ0) is 19.6. The smallest absolute Gasteiger partial charge is 0.242 e. The van der Waals surface area contributed by atoms with E-state index in [9.17, 15) is 9.59 Å². The van der Waals surface area contributed by atoms with Crippen molar-refractivity contribution in [2.75, 3.05) is 18.0 Å². The highest BCUT2D eigenvalue weighted by Crippen LogP contribution is 2.31. The van der Waals surface area contributed by atoms with Crippen LogP contribution < -0.4 is 4.90 Å². The van der Waals surface area contributed by atoms with Crippen LogP contribution in [0.15, 0.2) is 42.5 Å². The van der Waals surface area contributed by atoms with Gasteiger partial charge in [-0.1, -0.05) is 56.3 Å². The molecule has 1 aliphatic heterocycles. The Morgan fingerprint density at radius 3 is 2.44 bits per heavy atom. The van der Waals surface area contributed by atoms with Crippen LogP contribution >= 0.6 is 0 Å². The van der Waals surface area contributed by atoms with Gasteiger partial charge in [0.25, 0.3) is 0 Å². The lowest BCUT2D eigenvalue weighted by Gasteiger charge is -2.32. The van der Waals surface area contributed by atoms with Gasteiger partial charge < -0.3 is 9.80 Å². The molecule has 27 heavy (non-hydrogen) atoms.